The molecule has 0 aromatic heterocycles. The van der Waals surface area contributed by atoms with Crippen LogP contribution in [0.4, 0.5) is 5.69 Å². The zero-order valence-corrected chi connectivity index (χ0v) is 17.6. The number of carbonyl (C=O) groups excluding carboxylic acids is 1. The van der Waals surface area contributed by atoms with Crippen molar-refractivity contribution in [1.29, 1.82) is 5.26 Å². The van der Waals surface area contributed by atoms with Crippen molar-refractivity contribution in [2.24, 2.45) is 0 Å². The number of nitrogens with one attached hydrogen (secondary N) is 1. The number of ether oxygens (including phenoxy) is 1. The van der Waals surface area contributed by atoms with E-state index in [4.69, 9.17) is 10.00 Å². The highest BCUT2D eigenvalue weighted by Crippen LogP contribution is 2.19. The summed E-state index contributed by atoms with van der Waals surface area (Å²) in [7, 11) is -1.72. The first kappa shape index (κ1) is 21.9. The summed E-state index contributed by atoms with van der Waals surface area (Å²) >= 11 is 0. The highest BCUT2D eigenvalue weighted by Gasteiger charge is 2.26. The average molecular weight is 429 g/mol. The Morgan fingerprint density at radius 1 is 1.13 bits per heavy atom. The van der Waals surface area contributed by atoms with Gasteiger partial charge in [0.25, 0.3) is 0 Å². The molecular weight excluding hydrogens is 404 g/mol. The van der Waals surface area contributed by atoms with Crippen LogP contribution in [0.15, 0.2) is 53.4 Å². The third kappa shape index (κ3) is 5.64. The average Bonchev–Trinajstić information content (AvgIpc) is 2.75. The molecule has 2 aromatic carbocycles. The monoisotopic (exact) mass is 428 g/mol. The SMILES string of the molecule is CN(CC(=O)Nc1ccc(S(=O)(=O)N2CCOCC2)cc1)Cc1ccc(C#N)cc1. The highest BCUT2D eigenvalue weighted by molar-refractivity contribution is 7.89. The minimum Gasteiger partial charge on any atom is -0.379 e. The van der Waals surface area contributed by atoms with Crippen molar-refractivity contribution in [2.75, 3.05) is 45.2 Å². The molecule has 0 spiro atoms. The van der Waals surface area contributed by atoms with Crippen LogP contribution in [0.25, 0.3) is 0 Å². The number of rotatable bonds is 7. The lowest BCUT2D eigenvalue weighted by Gasteiger charge is -2.26. The predicted octanol–water partition coefficient (Wildman–Crippen LogP) is 1.65. The molecule has 158 valence electrons. The van der Waals surface area contributed by atoms with E-state index in [1.165, 1.54) is 16.4 Å². The largest absolute Gasteiger partial charge is 0.379 e. The second-order valence-electron chi connectivity index (χ2n) is 7.07. The Morgan fingerprint density at radius 2 is 1.77 bits per heavy atom. The van der Waals surface area contributed by atoms with Crippen LogP contribution in [0.2, 0.25) is 0 Å². The molecule has 0 radical (unpaired) electrons. The fourth-order valence-electron chi connectivity index (χ4n) is 3.14. The lowest BCUT2D eigenvalue weighted by Crippen LogP contribution is -2.40. The number of anilines is 1. The standard InChI is InChI=1S/C21H24N4O4S/c1-24(15-18-4-2-17(14-22)3-5-18)16-21(26)23-19-6-8-20(9-7-19)30(27,28)25-10-12-29-13-11-25/h2-9H,10-13,15-16H2,1H3,(H,23,26). The lowest BCUT2D eigenvalue weighted by atomic mass is 10.1. The summed E-state index contributed by atoms with van der Waals surface area (Å²) in [5.41, 5.74) is 2.13. The zero-order valence-electron chi connectivity index (χ0n) is 16.7. The van der Waals surface area contributed by atoms with Gasteiger partial charge in [0.05, 0.1) is 36.3 Å². The second kappa shape index (κ2) is 9.82. The molecule has 30 heavy (non-hydrogen) atoms. The van der Waals surface area contributed by atoms with E-state index in [9.17, 15) is 13.2 Å². The van der Waals surface area contributed by atoms with Gasteiger partial charge in [-0.15, -0.1) is 0 Å². The summed E-state index contributed by atoms with van der Waals surface area (Å²) in [4.78, 5) is 14.4. The van der Waals surface area contributed by atoms with Crippen molar-refractivity contribution < 1.29 is 17.9 Å². The van der Waals surface area contributed by atoms with Crippen LogP contribution >= 0.6 is 0 Å². The molecule has 1 saturated heterocycles. The first-order chi connectivity index (χ1) is 14.4. The number of sulfonamides is 1. The van der Waals surface area contributed by atoms with Crippen LogP contribution in [0.3, 0.4) is 0 Å². The van der Waals surface area contributed by atoms with Gasteiger partial charge in [0.2, 0.25) is 15.9 Å². The molecule has 1 N–H and O–H groups in total. The minimum absolute atomic E-state index is 0.174. The maximum atomic E-state index is 12.6. The van der Waals surface area contributed by atoms with E-state index in [2.05, 4.69) is 11.4 Å². The number of nitrogens with zero attached hydrogens (tertiary/aromatic N) is 3. The molecule has 0 saturated carbocycles. The first-order valence-electron chi connectivity index (χ1n) is 9.54. The van der Waals surface area contributed by atoms with Crippen molar-refractivity contribution in [1.82, 2.24) is 9.21 Å². The fourth-order valence-corrected chi connectivity index (χ4v) is 4.55. The number of carbonyl (C=O) groups is 1. The molecule has 0 atom stereocenters. The zero-order chi connectivity index (χ0) is 21.6. The number of hydrogen-bond acceptors (Lipinski definition) is 6. The smallest absolute Gasteiger partial charge is 0.243 e. The molecule has 1 aliphatic heterocycles. The Bertz CT molecular complexity index is 1010. The highest BCUT2D eigenvalue weighted by atomic mass is 32.2. The van der Waals surface area contributed by atoms with E-state index >= 15 is 0 Å². The molecular formula is C21H24N4O4S. The Morgan fingerprint density at radius 3 is 2.37 bits per heavy atom. The van der Waals surface area contributed by atoms with Crippen LogP contribution < -0.4 is 5.32 Å². The van der Waals surface area contributed by atoms with Crippen LogP contribution in [-0.4, -0.2) is 63.4 Å². The van der Waals surface area contributed by atoms with Gasteiger partial charge in [0.1, 0.15) is 0 Å². The van der Waals surface area contributed by atoms with Crippen molar-refractivity contribution in [2.45, 2.75) is 11.4 Å². The van der Waals surface area contributed by atoms with E-state index in [0.717, 1.165) is 5.56 Å². The number of benzene rings is 2. The van der Waals surface area contributed by atoms with E-state index in [0.29, 0.717) is 44.1 Å². The maximum Gasteiger partial charge on any atom is 0.243 e. The van der Waals surface area contributed by atoms with Crippen LogP contribution in [-0.2, 0) is 26.1 Å². The first-order valence-corrected chi connectivity index (χ1v) is 11.0. The molecule has 9 heteroatoms. The number of nitriles is 1. The van der Waals surface area contributed by atoms with Gasteiger partial charge in [0.15, 0.2) is 0 Å². The molecule has 3 rings (SSSR count). The fraction of sp³-hybridized carbons (Fsp3) is 0.333. The maximum absolute atomic E-state index is 12.6. The normalized spacial score (nSPS) is 15.0. The van der Waals surface area contributed by atoms with Crippen LogP contribution in [0, 0.1) is 11.3 Å². The molecule has 0 aliphatic carbocycles. The third-order valence-corrected chi connectivity index (χ3v) is 6.61. The van der Waals surface area contributed by atoms with Gasteiger partial charge in [-0.2, -0.15) is 9.57 Å². The predicted molar refractivity (Wildman–Crippen MR) is 112 cm³/mol. The second-order valence-corrected chi connectivity index (χ2v) is 9.01. The van der Waals surface area contributed by atoms with Crippen molar-refractivity contribution in [3.05, 3.63) is 59.7 Å². The Kier molecular flexibility index (Phi) is 7.18. The van der Waals surface area contributed by atoms with Gasteiger partial charge < -0.3 is 10.1 Å². The summed E-state index contributed by atoms with van der Waals surface area (Å²) in [5, 5.41) is 11.6. The molecule has 1 aliphatic rings. The summed E-state index contributed by atoms with van der Waals surface area (Å²) in [6, 6.07) is 15.5. The summed E-state index contributed by atoms with van der Waals surface area (Å²) in [5.74, 6) is -0.199. The molecule has 2 aromatic rings. The third-order valence-electron chi connectivity index (χ3n) is 4.69. The van der Waals surface area contributed by atoms with Gasteiger partial charge >= 0.3 is 0 Å². The summed E-state index contributed by atoms with van der Waals surface area (Å²) in [6.45, 7) is 2.20. The van der Waals surface area contributed by atoms with Gasteiger partial charge in [-0.3, -0.25) is 9.69 Å². The summed E-state index contributed by atoms with van der Waals surface area (Å²) < 4.78 is 31.9. The van der Waals surface area contributed by atoms with Crippen LogP contribution in [0.5, 0.6) is 0 Å². The molecule has 1 fully saturated rings. The molecule has 1 amide bonds. The number of amides is 1. The van der Waals surface area contributed by atoms with Gasteiger partial charge in [0, 0.05) is 25.3 Å². The van der Waals surface area contributed by atoms with E-state index in [1.807, 2.05) is 24.1 Å². The van der Waals surface area contributed by atoms with Crippen LogP contribution in [0.1, 0.15) is 11.1 Å². The quantitative estimate of drug-likeness (QED) is 0.719. The van der Waals surface area contributed by atoms with Crippen molar-refractivity contribution in [3.63, 3.8) is 0 Å². The Hall–Kier alpha value is -2.77. The Labute approximate surface area is 176 Å². The minimum atomic E-state index is -3.55. The Balaban J connectivity index is 1.54. The summed E-state index contributed by atoms with van der Waals surface area (Å²) in [6.07, 6.45) is 0. The van der Waals surface area contributed by atoms with Crippen molar-refractivity contribution in [3.8, 4) is 6.07 Å². The van der Waals surface area contributed by atoms with Crippen molar-refractivity contribution >= 4 is 21.6 Å². The van der Waals surface area contributed by atoms with E-state index in [1.54, 1.807) is 24.3 Å². The van der Waals surface area contributed by atoms with E-state index in [-0.39, 0.29) is 17.3 Å². The van der Waals surface area contributed by atoms with E-state index < -0.39 is 10.0 Å². The molecule has 0 unspecified atom stereocenters. The van der Waals surface area contributed by atoms with Gasteiger partial charge in [-0.1, -0.05) is 12.1 Å². The number of likely N-dealkylation sites (N-methyl/N-ethyl adjacent to an activating group) is 1. The molecule has 1 heterocycles. The number of hydrogen-bond donors (Lipinski definition) is 1. The van der Waals surface area contributed by atoms with Gasteiger partial charge in [-0.25, -0.2) is 8.42 Å². The topological polar surface area (TPSA) is 103 Å². The molecule has 0 bridgehead atoms. The lowest BCUT2D eigenvalue weighted by molar-refractivity contribution is -0.117. The number of morpholine rings is 1. The van der Waals surface area contributed by atoms with Gasteiger partial charge in [-0.05, 0) is 49.0 Å². The molecule has 8 nitrogen and oxygen atoms in total.